The number of rotatable bonds is 37. The Morgan fingerprint density at radius 1 is 0.618 bits per heavy atom. The van der Waals surface area contributed by atoms with Crippen LogP contribution in [0.4, 0.5) is 11.8 Å². The maximum Gasteiger partial charge on any atom is 0.530 e. The number of carbonyl (C=O) groups is 2. The Balaban J connectivity index is 0.847. The summed E-state index contributed by atoms with van der Waals surface area (Å²) in [5.74, 6) is -0.809. The van der Waals surface area contributed by atoms with Crippen LogP contribution in [-0.4, -0.2) is 154 Å². The zero-order valence-electron chi connectivity index (χ0n) is 68.0. The third kappa shape index (κ3) is 20.3. The van der Waals surface area contributed by atoms with Crippen molar-refractivity contribution >= 4 is 93.3 Å². The van der Waals surface area contributed by atoms with Crippen LogP contribution < -0.4 is 46.0 Å². The van der Waals surface area contributed by atoms with Gasteiger partial charge in [0.1, 0.15) is 84.1 Å². The number of imidazole rings is 2. The van der Waals surface area contributed by atoms with Crippen molar-refractivity contribution < 1.29 is 83.3 Å². The number of anilines is 2. The molecule has 646 valence electrons. The van der Waals surface area contributed by atoms with Crippen molar-refractivity contribution in [1.29, 1.82) is 5.26 Å². The Labute approximate surface area is 716 Å². The number of amides is 2. The summed E-state index contributed by atoms with van der Waals surface area (Å²) >= 11 is 13.8. The van der Waals surface area contributed by atoms with Gasteiger partial charge in [-0.05, 0) is 112 Å². The maximum atomic E-state index is 16.7. The second kappa shape index (κ2) is 39.2. The minimum atomic E-state index is -5.31. The lowest BCUT2D eigenvalue weighted by atomic mass is 9.80. The molecule has 8 heterocycles. The second-order valence-electron chi connectivity index (χ2n) is 29.6. The molecule has 0 aliphatic carbocycles. The van der Waals surface area contributed by atoms with E-state index in [2.05, 4.69) is 51.6 Å². The number of phosphoric ester groups is 2. The van der Waals surface area contributed by atoms with Crippen molar-refractivity contribution in [3.05, 3.63) is 252 Å². The molecule has 5 aromatic heterocycles. The van der Waals surface area contributed by atoms with E-state index in [-0.39, 0.29) is 106 Å². The van der Waals surface area contributed by atoms with Gasteiger partial charge in [-0.25, -0.2) is 38.5 Å². The number of nitrogens with one attached hydrogen (secondary N) is 4. The van der Waals surface area contributed by atoms with Crippen LogP contribution in [-0.2, 0) is 65.6 Å². The van der Waals surface area contributed by atoms with E-state index in [0.29, 0.717) is 33.8 Å². The molecule has 0 radical (unpaired) electrons. The number of H-pyrrole nitrogens is 2. The van der Waals surface area contributed by atoms with Crippen LogP contribution in [0.15, 0.2) is 197 Å². The highest BCUT2D eigenvalue weighted by atomic mass is 35.5. The average Bonchev–Trinajstić information content (AvgIpc) is 1.76. The minimum Gasteiger partial charge on any atom is -0.497 e. The number of carbonyl (C=O) groups excluding carboxylic acids is 2. The van der Waals surface area contributed by atoms with Gasteiger partial charge in [0, 0.05) is 54.6 Å². The smallest absolute Gasteiger partial charge is 0.497 e. The fourth-order valence-electron chi connectivity index (χ4n) is 14.4. The zero-order valence-corrected chi connectivity index (χ0v) is 72.2. The topological polar surface area (TPSA) is 411 Å². The molecular formula is C83H89Cl2N14O21P3. The monoisotopic (exact) mass is 1780 g/mol. The molecule has 35 nitrogen and oxygen atoms in total. The average molecular weight is 1780 g/mol. The number of nitrogens with zero attached hydrogens (tertiary/aromatic N) is 10. The fraction of sp³-hybridized carbons (Fsp3) is 0.361. The van der Waals surface area contributed by atoms with Crippen molar-refractivity contribution in [2.45, 2.75) is 147 Å². The van der Waals surface area contributed by atoms with Crippen LogP contribution in [0.1, 0.15) is 119 Å². The van der Waals surface area contributed by atoms with Gasteiger partial charge in [-0.3, -0.25) is 66.3 Å². The Hall–Kier alpha value is -10.4. The molecule has 3 aliphatic rings. The summed E-state index contributed by atoms with van der Waals surface area (Å²) in [5, 5.41) is 15.1. The molecule has 14 rings (SSSR count). The van der Waals surface area contributed by atoms with Crippen LogP contribution in [0.25, 0.3) is 22.3 Å². The van der Waals surface area contributed by atoms with E-state index in [1.807, 2.05) is 87.0 Å². The van der Waals surface area contributed by atoms with Crippen molar-refractivity contribution in [3.8, 4) is 29.1 Å². The van der Waals surface area contributed by atoms with Crippen LogP contribution in [0.5, 0.6) is 23.0 Å². The van der Waals surface area contributed by atoms with E-state index in [4.69, 9.17) is 87.8 Å². The summed E-state index contributed by atoms with van der Waals surface area (Å²) in [6.07, 6.45) is -7.06. The van der Waals surface area contributed by atoms with E-state index >= 15 is 9.13 Å². The van der Waals surface area contributed by atoms with Gasteiger partial charge in [0.15, 0.2) is 28.1 Å². The van der Waals surface area contributed by atoms with E-state index in [0.717, 1.165) is 0 Å². The van der Waals surface area contributed by atoms with Crippen molar-refractivity contribution in [2.24, 2.45) is 5.92 Å². The zero-order chi connectivity index (χ0) is 86.9. The summed E-state index contributed by atoms with van der Waals surface area (Å²) in [7, 11) is -9.55. The van der Waals surface area contributed by atoms with Gasteiger partial charge in [0.2, 0.25) is 11.9 Å². The number of fused-ring (bicyclic) bond motifs is 2. The van der Waals surface area contributed by atoms with Crippen LogP contribution in [0.2, 0.25) is 10.0 Å². The molecule has 12 atom stereocenters. The summed E-state index contributed by atoms with van der Waals surface area (Å²) in [4.78, 5) is 95.0. The first kappa shape index (κ1) is 88.9. The second-order valence-corrected chi connectivity index (χ2v) is 35.0. The number of aromatic nitrogens is 10. The number of ether oxygens (including phenoxy) is 6. The highest BCUT2D eigenvalue weighted by molar-refractivity contribution is 7.49. The molecule has 11 aromatic rings. The van der Waals surface area contributed by atoms with E-state index < -0.39 is 139 Å². The normalized spacial score (nSPS) is 20.4. The minimum absolute atomic E-state index is 0.0128. The number of hydrogen-bond acceptors (Lipinski definition) is 28. The van der Waals surface area contributed by atoms with Gasteiger partial charge in [-0.2, -0.15) is 10.2 Å². The number of nitriles is 1. The molecule has 123 heavy (non-hydrogen) atoms. The van der Waals surface area contributed by atoms with Crippen molar-refractivity contribution in [2.75, 3.05) is 51.3 Å². The van der Waals surface area contributed by atoms with Crippen LogP contribution >= 0.6 is 47.4 Å². The predicted molar refractivity (Wildman–Crippen MR) is 452 cm³/mol. The molecule has 3 fully saturated rings. The molecule has 3 aliphatic heterocycles. The third-order valence-corrected chi connectivity index (χ3v) is 26.0. The van der Waals surface area contributed by atoms with E-state index in [1.54, 1.807) is 107 Å². The number of hydrogen-bond donors (Lipinski definition) is 4. The molecule has 0 bridgehead atoms. The molecule has 40 heteroatoms. The van der Waals surface area contributed by atoms with Gasteiger partial charge in [0.25, 0.3) is 25.6 Å². The quantitative estimate of drug-likeness (QED) is 0.0160. The van der Waals surface area contributed by atoms with Gasteiger partial charge >= 0.3 is 21.3 Å². The number of benzene rings is 6. The standard InChI is InChI=1S/C83H89Cl2N14O21P3/c1-49(2)77(100)93-81-92-76-73(80(103)94-81)90-48-98(76)70-39-63(116-121(110-38-20-37-86)99(50(3)4)51(5)6)67(114-70)44-111-122(105,117-61-27-18-16-25-59(61)84)120-65-41-71(97-47-89-72-74(87-46-88-75(72)97)91-79(102)53-21-12-10-13-22-53)115-68(65)45-112-123(106,118-62-28-19-17-26-60(62)85)119-64-40-69(96-42-52(7)78(101)95-82(96)104)113-66(64)43-109-83(54-23-14-11-15-24-54,55-29-33-57(107-8)34-30-55)56-31-35-58(108-9)36-32-56/h10-19,21-36,42,46-51,63-71H,20,38-41,43-45H2,1-9H3,(H,95,101,104)(H,87,88,91,102)(H2,92,93,94,100,103)/t63-,64-,65-,66+,67+,68+,69+,70+,71+,121?,122?,123?/m0/s1. The van der Waals surface area contributed by atoms with Gasteiger partial charge in [0.05, 0.1) is 81.9 Å². The first-order valence-electron chi connectivity index (χ1n) is 39.3. The molecule has 3 saturated heterocycles. The fourth-order valence-corrected chi connectivity index (χ4v) is 19.5. The van der Waals surface area contributed by atoms with Gasteiger partial charge in [-0.15, -0.1) is 0 Å². The first-order valence-corrected chi connectivity index (χ1v) is 44.1. The Morgan fingerprint density at radius 3 is 1.67 bits per heavy atom. The predicted octanol–water partition coefficient (Wildman–Crippen LogP) is 14.7. The summed E-state index contributed by atoms with van der Waals surface area (Å²) in [6.45, 7) is 10.8. The summed E-state index contributed by atoms with van der Waals surface area (Å²) in [5.41, 5.74) is -1.08. The van der Waals surface area contributed by atoms with E-state index in [1.165, 1.54) is 70.1 Å². The van der Waals surface area contributed by atoms with Gasteiger partial charge in [-0.1, -0.05) is 134 Å². The number of methoxy groups -OCH3 is 2. The maximum absolute atomic E-state index is 16.7. The SMILES string of the molecule is COc1ccc(C(OC[C@H]2O[C@@H](n3cc(C)c(=O)[nH]c3=O)C[C@@H]2OP(=O)(OC[C@H]2O[C@@H](n3cnc4c(NC(=O)c5ccccc5)ncnc43)C[C@@H]2OP(=O)(OC[C@H]2O[C@@H](n3cnc4c(=O)[nH]c(NC(=O)C(C)C)nc43)C[C@@H]2OP(OCCC#N)N(C(C)C)C(C)C)Oc2ccccc2Cl)Oc2ccccc2Cl)(c2ccccc2)c2ccc(OC)cc2)cc1. The van der Waals surface area contributed by atoms with Crippen molar-refractivity contribution in [3.63, 3.8) is 0 Å². The van der Waals surface area contributed by atoms with E-state index in [9.17, 15) is 29.2 Å². The molecule has 6 aromatic carbocycles. The largest absolute Gasteiger partial charge is 0.530 e. The molecule has 3 unspecified atom stereocenters. The molecule has 0 spiro atoms. The van der Waals surface area contributed by atoms with Crippen LogP contribution in [0, 0.1) is 24.2 Å². The number of aromatic amines is 2. The molecule has 4 N–H and O–H groups in total. The van der Waals surface area contributed by atoms with Crippen LogP contribution in [0.3, 0.4) is 0 Å². The highest BCUT2D eigenvalue weighted by Gasteiger charge is 2.52. The Bertz CT molecular complexity index is 5830. The molecule has 0 saturated carbocycles. The number of halogens is 2. The number of para-hydroxylation sites is 2. The number of aryl methyl sites for hydroxylation is 1. The lowest BCUT2D eigenvalue weighted by Gasteiger charge is -2.37. The molecule has 2 amide bonds. The summed E-state index contributed by atoms with van der Waals surface area (Å²) < 4.78 is 132. The molecular weight excluding hydrogens is 1690 g/mol. The first-order chi connectivity index (χ1) is 59.2. The highest BCUT2D eigenvalue weighted by Crippen LogP contribution is 2.59. The Morgan fingerprint density at radius 2 is 1.12 bits per heavy atom. The lowest BCUT2D eigenvalue weighted by Crippen LogP contribution is -2.38. The Kier molecular flexibility index (Phi) is 28.3. The lowest BCUT2D eigenvalue weighted by molar-refractivity contribution is -0.119. The summed E-state index contributed by atoms with van der Waals surface area (Å²) in [6, 6.07) is 46.3. The number of phosphoric acid groups is 2. The van der Waals surface area contributed by atoms with Gasteiger partial charge < -0.3 is 51.8 Å². The van der Waals surface area contributed by atoms with Crippen molar-refractivity contribution in [1.82, 2.24) is 53.3 Å². The third-order valence-electron chi connectivity index (χ3n) is 20.4.